The van der Waals surface area contributed by atoms with E-state index in [4.69, 9.17) is 5.73 Å². The standard InChI is InChI=1S/C9H18N2O/c1-9(2,7-10)8(12)11-5-3-4-6-11/h3-7,10H2,1-2H3. The van der Waals surface area contributed by atoms with Gasteiger partial charge in [-0.25, -0.2) is 0 Å². The topological polar surface area (TPSA) is 46.3 Å². The molecule has 0 spiro atoms. The zero-order valence-corrected chi connectivity index (χ0v) is 7.97. The Bertz CT molecular complexity index is 171. The predicted molar refractivity (Wildman–Crippen MR) is 48.6 cm³/mol. The molecule has 0 unspecified atom stereocenters. The monoisotopic (exact) mass is 170 g/mol. The Morgan fingerprint density at radius 2 is 1.92 bits per heavy atom. The van der Waals surface area contributed by atoms with Crippen LogP contribution in [0.25, 0.3) is 0 Å². The van der Waals surface area contributed by atoms with E-state index in [2.05, 4.69) is 0 Å². The van der Waals surface area contributed by atoms with E-state index in [0.717, 1.165) is 25.9 Å². The third-order valence-electron chi connectivity index (χ3n) is 2.48. The molecule has 1 aliphatic rings. The van der Waals surface area contributed by atoms with Crippen LogP contribution in [0.3, 0.4) is 0 Å². The summed E-state index contributed by atoms with van der Waals surface area (Å²) in [6.45, 7) is 6.09. The average Bonchev–Trinajstić information content (AvgIpc) is 2.55. The van der Waals surface area contributed by atoms with E-state index in [9.17, 15) is 4.79 Å². The Labute approximate surface area is 73.9 Å². The highest BCUT2D eigenvalue weighted by Gasteiger charge is 2.31. The second-order valence-electron chi connectivity index (χ2n) is 4.09. The molecule has 1 amide bonds. The number of likely N-dealkylation sites (tertiary alicyclic amines) is 1. The zero-order valence-electron chi connectivity index (χ0n) is 7.97. The van der Waals surface area contributed by atoms with E-state index in [1.54, 1.807) is 0 Å². The maximum Gasteiger partial charge on any atom is 0.229 e. The molecular formula is C9H18N2O. The molecule has 0 bridgehead atoms. The molecule has 0 aromatic carbocycles. The minimum absolute atomic E-state index is 0.211. The van der Waals surface area contributed by atoms with Crippen molar-refractivity contribution in [1.29, 1.82) is 0 Å². The molecule has 70 valence electrons. The van der Waals surface area contributed by atoms with Gasteiger partial charge in [0.1, 0.15) is 0 Å². The molecule has 0 aliphatic carbocycles. The van der Waals surface area contributed by atoms with E-state index >= 15 is 0 Å². The van der Waals surface area contributed by atoms with Crippen LogP contribution in [0, 0.1) is 5.41 Å². The highest BCUT2D eigenvalue weighted by molar-refractivity contribution is 5.82. The third kappa shape index (κ3) is 1.78. The zero-order chi connectivity index (χ0) is 9.19. The van der Waals surface area contributed by atoms with Crippen LogP contribution in [-0.4, -0.2) is 30.4 Å². The fourth-order valence-corrected chi connectivity index (χ4v) is 1.44. The molecule has 2 N–H and O–H groups in total. The molecule has 12 heavy (non-hydrogen) atoms. The predicted octanol–water partition coefficient (Wildman–Crippen LogP) is 0.594. The quantitative estimate of drug-likeness (QED) is 0.659. The van der Waals surface area contributed by atoms with Gasteiger partial charge in [-0.3, -0.25) is 4.79 Å². The molecule has 1 saturated heterocycles. The normalized spacial score (nSPS) is 18.4. The molecule has 1 heterocycles. The molecule has 3 heteroatoms. The number of nitrogens with zero attached hydrogens (tertiary/aromatic N) is 1. The van der Waals surface area contributed by atoms with E-state index in [1.165, 1.54) is 0 Å². The van der Waals surface area contributed by atoms with Crippen molar-refractivity contribution in [2.75, 3.05) is 19.6 Å². The van der Waals surface area contributed by atoms with Crippen LogP contribution in [-0.2, 0) is 4.79 Å². The number of carbonyl (C=O) groups is 1. The van der Waals surface area contributed by atoms with Crippen molar-refractivity contribution in [2.24, 2.45) is 11.1 Å². The largest absolute Gasteiger partial charge is 0.342 e. The lowest BCUT2D eigenvalue weighted by molar-refractivity contribution is -0.138. The Morgan fingerprint density at radius 1 is 1.42 bits per heavy atom. The Morgan fingerprint density at radius 3 is 2.33 bits per heavy atom. The van der Waals surface area contributed by atoms with Gasteiger partial charge in [0.2, 0.25) is 5.91 Å². The number of carbonyl (C=O) groups excluding carboxylic acids is 1. The van der Waals surface area contributed by atoms with Crippen molar-refractivity contribution in [3.05, 3.63) is 0 Å². The minimum Gasteiger partial charge on any atom is -0.342 e. The van der Waals surface area contributed by atoms with Crippen LogP contribution in [0.15, 0.2) is 0 Å². The van der Waals surface area contributed by atoms with Gasteiger partial charge in [0.25, 0.3) is 0 Å². The SMILES string of the molecule is CC(C)(CN)C(=O)N1CCCC1. The molecule has 1 rings (SSSR count). The van der Waals surface area contributed by atoms with Crippen LogP contribution >= 0.6 is 0 Å². The maximum absolute atomic E-state index is 11.7. The van der Waals surface area contributed by atoms with Crippen molar-refractivity contribution >= 4 is 5.91 Å². The van der Waals surface area contributed by atoms with Gasteiger partial charge in [-0.1, -0.05) is 0 Å². The molecular weight excluding hydrogens is 152 g/mol. The fourth-order valence-electron chi connectivity index (χ4n) is 1.44. The van der Waals surface area contributed by atoms with Gasteiger partial charge >= 0.3 is 0 Å². The summed E-state index contributed by atoms with van der Waals surface area (Å²) < 4.78 is 0. The van der Waals surface area contributed by atoms with Crippen LogP contribution < -0.4 is 5.73 Å². The second kappa shape index (κ2) is 3.44. The lowest BCUT2D eigenvalue weighted by Gasteiger charge is -2.27. The van der Waals surface area contributed by atoms with Crippen molar-refractivity contribution in [2.45, 2.75) is 26.7 Å². The summed E-state index contributed by atoms with van der Waals surface area (Å²) in [7, 11) is 0. The number of nitrogens with two attached hydrogens (primary N) is 1. The smallest absolute Gasteiger partial charge is 0.229 e. The van der Waals surface area contributed by atoms with E-state index in [-0.39, 0.29) is 11.3 Å². The first-order valence-corrected chi connectivity index (χ1v) is 4.57. The summed E-state index contributed by atoms with van der Waals surface area (Å²) in [5.41, 5.74) is 5.16. The van der Waals surface area contributed by atoms with Gasteiger partial charge < -0.3 is 10.6 Å². The molecule has 1 fully saturated rings. The van der Waals surface area contributed by atoms with Gasteiger partial charge in [-0.15, -0.1) is 0 Å². The highest BCUT2D eigenvalue weighted by Crippen LogP contribution is 2.20. The lowest BCUT2D eigenvalue weighted by Crippen LogP contribution is -2.43. The molecule has 0 saturated carbocycles. The van der Waals surface area contributed by atoms with Crippen LogP contribution in [0.1, 0.15) is 26.7 Å². The molecule has 1 aliphatic heterocycles. The van der Waals surface area contributed by atoms with Crippen LogP contribution in [0.4, 0.5) is 0 Å². The third-order valence-corrected chi connectivity index (χ3v) is 2.48. The average molecular weight is 170 g/mol. The highest BCUT2D eigenvalue weighted by atomic mass is 16.2. The van der Waals surface area contributed by atoms with Gasteiger partial charge in [0.15, 0.2) is 0 Å². The summed E-state index contributed by atoms with van der Waals surface area (Å²) in [5, 5.41) is 0. The first-order chi connectivity index (χ1) is 5.58. The van der Waals surface area contributed by atoms with Gasteiger partial charge in [0.05, 0.1) is 5.41 Å². The lowest BCUT2D eigenvalue weighted by atomic mass is 9.92. The summed E-state index contributed by atoms with van der Waals surface area (Å²) in [6, 6.07) is 0. The first-order valence-electron chi connectivity index (χ1n) is 4.57. The molecule has 0 aromatic rings. The number of rotatable bonds is 2. The Balaban J connectivity index is 2.56. The van der Waals surface area contributed by atoms with Crippen molar-refractivity contribution in [3.63, 3.8) is 0 Å². The van der Waals surface area contributed by atoms with Crippen LogP contribution in [0.5, 0.6) is 0 Å². The van der Waals surface area contributed by atoms with E-state index in [1.807, 2.05) is 18.7 Å². The van der Waals surface area contributed by atoms with Crippen molar-refractivity contribution < 1.29 is 4.79 Å². The summed E-state index contributed by atoms with van der Waals surface area (Å²) in [4.78, 5) is 13.7. The second-order valence-corrected chi connectivity index (χ2v) is 4.09. The summed E-state index contributed by atoms with van der Waals surface area (Å²) >= 11 is 0. The van der Waals surface area contributed by atoms with Crippen molar-refractivity contribution in [1.82, 2.24) is 4.90 Å². The molecule has 0 atom stereocenters. The van der Waals surface area contributed by atoms with Gasteiger partial charge in [0, 0.05) is 19.6 Å². The van der Waals surface area contributed by atoms with Gasteiger partial charge in [-0.05, 0) is 26.7 Å². The first kappa shape index (κ1) is 9.52. The summed E-state index contributed by atoms with van der Waals surface area (Å²) in [6.07, 6.45) is 2.29. The van der Waals surface area contributed by atoms with E-state index in [0.29, 0.717) is 6.54 Å². The van der Waals surface area contributed by atoms with E-state index < -0.39 is 0 Å². The van der Waals surface area contributed by atoms with Gasteiger partial charge in [-0.2, -0.15) is 0 Å². The number of hydrogen-bond donors (Lipinski definition) is 1. The Kier molecular flexibility index (Phi) is 2.73. The van der Waals surface area contributed by atoms with Crippen molar-refractivity contribution in [3.8, 4) is 0 Å². The molecule has 0 radical (unpaired) electrons. The van der Waals surface area contributed by atoms with Crippen LogP contribution in [0.2, 0.25) is 0 Å². The summed E-state index contributed by atoms with van der Waals surface area (Å²) in [5.74, 6) is 0.211. The molecule has 0 aromatic heterocycles. The maximum atomic E-state index is 11.7. The molecule has 3 nitrogen and oxygen atoms in total. The Hall–Kier alpha value is -0.570. The minimum atomic E-state index is -0.371. The fraction of sp³-hybridized carbons (Fsp3) is 0.889. The number of amides is 1. The number of hydrogen-bond acceptors (Lipinski definition) is 2.